The second-order valence-electron chi connectivity index (χ2n) is 6.76. The number of amides is 2. The Bertz CT molecular complexity index is 783. The van der Waals surface area contributed by atoms with E-state index in [2.05, 4.69) is 22.5 Å². The summed E-state index contributed by atoms with van der Waals surface area (Å²) in [5.41, 5.74) is 1.69. The van der Waals surface area contributed by atoms with E-state index in [0.29, 0.717) is 16.8 Å². The number of piperidine rings is 1. The van der Waals surface area contributed by atoms with E-state index in [9.17, 15) is 9.59 Å². The number of aromatic nitrogens is 1. The van der Waals surface area contributed by atoms with Gasteiger partial charge >= 0.3 is 0 Å². The van der Waals surface area contributed by atoms with Crippen LogP contribution in [-0.4, -0.2) is 47.4 Å². The Morgan fingerprint density at radius 2 is 1.86 bits per heavy atom. The van der Waals surface area contributed by atoms with Crippen LogP contribution in [0.25, 0.3) is 0 Å². The molecule has 1 fully saturated rings. The van der Waals surface area contributed by atoms with Crippen LogP contribution in [0.5, 0.6) is 0 Å². The van der Waals surface area contributed by atoms with Crippen molar-refractivity contribution in [2.24, 2.45) is 0 Å². The van der Waals surface area contributed by atoms with Crippen molar-refractivity contribution in [3.63, 3.8) is 0 Å². The number of carbonyl (C=O) groups is 2. The van der Waals surface area contributed by atoms with Gasteiger partial charge in [-0.05, 0) is 62.7 Å². The number of carbonyl (C=O) groups excluding carboxylic acids is 2. The van der Waals surface area contributed by atoms with E-state index in [-0.39, 0.29) is 42.7 Å². The molecule has 0 saturated carbocycles. The van der Waals surface area contributed by atoms with Crippen molar-refractivity contribution in [3.8, 4) is 0 Å². The summed E-state index contributed by atoms with van der Waals surface area (Å²) in [5, 5.41) is 6.19. The Balaban J connectivity index is 0.00000210. The first-order valence-electron chi connectivity index (χ1n) is 9.52. The standard InChI is InChI=1S/C21H26N4O2.2ClH/c1-2-13-25(19-8-11-22-12-9-19)21(27)16-5-3-7-18(14-16)24-20(26)17-6-4-10-23-15-17;;/h3-7,10,14-15,19,22H,2,8-9,11-13H2,1H3,(H,24,26);2*1H. The van der Waals surface area contributed by atoms with E-state index in [1.54, 1.807) is 36.5 Å². The molecule has 6 nitrogen and oxygen atoms in total. The molecule has 29 heavy (non-hydrogen) atoms. The predicted octanol–water partition coefficient (Wildman–Crippen LogP) is 3.78. The van der Waals surface area contributed by atoms with Crippen LogP contribution in [0.1, 0.15) is 46.9 Å². The fourth-order valence-corrected chi connectivity index (χ4v) is 3.41. The highest BCUT2D eigenvalue weighted by Crippen LogP contribution is 2.19. The first-order chi connectivity index (χ1) is 13.2. The molecule has 3 rings (SSSR count). The second-order valence-corrected chi connectivity index (χ2v) is 6.76. The maximum absolute atomic E-state index is 13.1. The van der Waals surface area contributed by atoms with E-state index in [0.717, 1.165) is 38.9 Å². The van der Waals surface area contributed by atoms with Gasteiger partial charge in [0, 0.05) is 36.2 Å². The number of halogens is 2. The van der Waals surface area contributed by atoms with Gasteiger partial charge in [-0.3, -0.25) is 14.6 Å². The minimum absolute atomic E-state index is 0. The summed E-state index contributed by atoms with van der Waals surface area (Å²) >= 11 is 0. The molecular weight excluding hydrogens is 411 g/mol. The third-order valence-corrected chi connectivity index (χ3v) is 4.77. The maximum Gasteiger partial charge on any atom is 0.257 e. The maximum atomic E-state index is 13.1. The van der Waals surface area contributed by atoms with E-state index >= 15 is 0 Å². The summed E-state index contributed by atoms with van der Waals surface area (Å²) in [7, 11) is 0. The number of rotatable bonds is 6. The Morgan fingerprint density at radius 1 is 1.14 bits per heavy atom. The lowest BCUT2D eigenvalue weighted by Gasteiger charge is -2.34. The smallest absolute Gasteiger partial charge is 0.257 e. The van der Waals surface area contributed by atoms with E-state index in [1.807, 2.05) is 11.0 Å². The molecule has 8 heteroatoms. The van der Waals surface area contributed by atoms with Crippen LogP contribution in [0.15, 0.2) is 48.8 Å². The molecule has 2 aromatic rings. The van der Waals surface area contributed by atoms with Gasteiger partial charge in [0.05, 0.1) is 5.56 Å². The number of pyridine rings is 1. The molecular formula is C21H28Cl2N4O2. The fraction of sp³-hybridized carbons (Fsp3) is 0.381. The molecule has 2 heterocycles. The topological polar surface area (TPSA) is 74.3 Å². The molecule has 0 unspecified atom stereocenters. The predicted molar refractivity (Wildman–Crippen MR) is 120 cm³/mol. The first-order valence-corrected chi connectivity index (χ1v) is 9.52. The lowest BCUT2D eigenvalue weighted by Crippen LogP contribution is -2.46. The van der Waals surface area contributed by atoms with Crippen LogP contribution in [0, 0.1) is 0 Å². The minimum Gasteiger partial charge on any atom is -0.336 e. The SMILES string of the molecule is CCCN(C(=O)c1cccc(NC(=O)c2cccnc2)c1)C1CCNCC1.Cl.Cl. The summed E-state index contributed by atoms with van der Waals surface area (Å²) in [6, 6.07) is 10.9. The van der Waals surface area contributed by atoms with Gasteiger partial charge in [-0.15, -0.1) is 24.8 Å². The molecule has 1 aromatic heterocycles. The molecule has 1 saturated heterocycles. The first kappa shape index (κ1) is 24.9. The zero-order valence-electron chi connectivity index (χ0n) is 16.5. The highest BCUT2D eigenvalue weighted by molar-refractivity contribution is 6.05. The molecule has 0 spiro atoms. The Morgan fingerprint density at radius 3 is 2.52 bits per heavy atom. The van der Waals surface area contributed by atoms with E-state index < -0.39 is 0 Å². The Hall–Kier alpha value is -2.15. The van der Waals surface area contributed by atoms with Crippen molar-refractivity contribution < 1.29 is 9.59 Å². The summed E-state index contributed by atoms with van der Waals surface area (Å²) in [6.45, 7) is 4.72. The van der Waals surface area contributed by atoms with Gasteiger partial charge in [0.15, 0.2) is 0 Å². The van der Waals surface area contributed by atoms with Gasteiger partial charge < -0.3 is 15.5 Å². The van der Waals surface area contributed by atoms with Crippen LogP contribution >= 0.6 is 24.8 Å². The Labute approximate surface area is 184 Å². The molecule has 0 aliphatic carbocycles. The van der Waals surface area contributed by atoms with Crippen molar-refractivity contribution in [1.29, 1.82) is 0 Å². The highest BCUT2D eigenvalue weighted by Gasteiger charge is 2.25. The quantitative estimate of drug-likeness (QED) is 0.719. The Kier molecular flexibility index (Phi) is 10.7. The van der Waals surface area contributed by atoms with Gasteiger partial charge in [0.1, 0.15) is 0 Å². The van der Waals surface area contributed by atoms with Crippen LogP contribution < -0.4 is 10.6 Å². The number of anilines is 1. The second kappa shape index (κ2) is 12.4. The molecule has 1 aliphatic rings. The zero-order valence-corrected chi connectivity index (χ0v) is 18.1. The summed E-state index contributed by atoms with van der Waals surface area (Å²) in [4.78, 5) is 31.4. The molecule has 1 aromatic carbocycles. The van der Waals surface area contributed by atoms with Gasteiger partial charge in [-0.25, -0.2) is 0 Å². The molecule has 158 valence electrons. The van der Waals surface area contributed by atoms with E-state index in [1.165, 1.54) is 6.20 Å². The van der Waals surface area contributed by atoms with Crippen LogP contribution in [0.2, 0.25) is 0 Å². The third kappa shape index (κ3) is 6.70. The number of nitrogens with zero attached hydrogens (tertiary/aromatic N) is 2. The molecule has 1 aliphatic heterocycles. The third-order valence-electron chi connectivity index (χ3n) is 4.77. The van der Waals surface area contributed by atoms with Gasteiger partial charge in [-0.1, -0.05) is 13.0 Å². The highest BCUT2D eigenvalue weighted by atomic mass is 35.5. The molecule has 0 bridgehead atoms. The normalized spacial score (nSPS) is 13.6. The van der Waals surface area contributed by atoms with Gasteiger partial charge in [0.2, 0.25) is 0 Å². The van der Waals surface area contributed by atoms with E-state index in [4.69, 9.17) is 0 Å². The molecule has 2 N–H and O–H groups in total. The fourth-order valence-electron chi connectivity index (χ4n) is 3.41. The van der Waals surface area contributed by atoms with Gasteiger partial charge in [-0.2, -0.15) is 0 Å². The molecule has 2 amide bonds. The summed E-state index contributed by atoms with van der Waals surface area (Å²) < 4.78 is 0. The van der Waals surface area contributed by atoms with Crippen LogP contribution in [-0.2, 0) is 0 Å². The largest absolute Gasteiger partial charge is 0.336 e. The lowest BCUT2D eigenvalue weighted by molar-refractivity contribution is 0.0642. The lowest BCUT2D eigenvalue weighted by atomic mass is 10.0. The van der Waals surface area contributed by atoms with Gasteiger partial charge in [0.25, 0.3) is 11.8 Å². The average molecular weight is 439 g/mol. The van der Waals surface area contributed by atoms with Crippen molar-refractivity contribution in [3.05, 3.63) is 59.9 Å². The summed E-state index contributed by atoms with van der Waals surface area (Å²) in [5.74, 6) is -0.210. The summed E-state index contributed by atoms with van der Waals surface area (Å²) in [6.07, 6.45) is 6.02. The van der Waals surface area contributed by atoms with Crippen LogP contribution in [0.3, 0.4) is 0 Å². The molecule has 0 atom stereocenters. The molecule has 0 radical (unpaired) electrons. The van der Waals surface area contributed by atoms with Crippen molar-refractivity contribution >= 4 is 42.3 Å². The monoisotopic (exact) mass is 438 g/mol. The number of benzene rings is 1. The zero-order chi connectivity index (χ0) is 19.1. The number of hydrogen-bond donors (Lipinski definition) is 2. The van der Waals surface area contributed by atoms with Crippen molar-refractivity contribution in [1.82, 2.24) is 15.2 Å². The average Bonchev–Trinajstić information content (AvgIpc) is 2.73. The minimum atomic E-state index is -0.239. The number of nitrogens with one attached hydrogen (secondary N) is 2. The van der Waals surface area contributed by atoms with Crippen molar-refractivity contribution in [2.45, 2.75) is 32.2 Å². The van der Waals surface area contributed by atoms with Crippen molar-refractivity contribution in [2.75, 3.05) is 25.0 Å². The van der Waals surface area contributed by atoms with Crippen LogP contribution in [0.4, 0.5) is 5.69 Å². The number of hydrogen-bond acceptors (Lipinski definition) is 4.